The minimum Gasteiger partial charge on any atom is -0.366 e. The molecule has 1 saturated carbocycles. The number of nitrogens with two attached hydrogens (primary N) is 1. The van der Waals surface area contributed by atoms with Gasteiger partial charge in [-0.15, -0.1) is 0 Å². The quantitative estimate of drug-likeness (QED) is 0.876. The van der Waals surface area contributed by atoms with Crippen molar-refractivity contribution in [3.63, 3.8) is 0 Å². The molecule has 0 radical (unpaired) electrons. The highest BCUT2D eigenvalue weighted by molar-refractivity contribution is 6.01. The lowest BCUT2D eigenvalue weighted by molar-refractivity contribution is 0.0962. The van der Waals surface area contributed by atoms with E-state index in [-0.39, 0.29) is 17.3 Å². The summed E-state index contributed by atoms with van der Waals surface area (Å²) in [5.41, 5.74) is 6.88. The van der Waals surface area contributed by atoms with Gasteiger partial charge in [-0.1, -0.05) is 24.3 Å². The molecule has 0 atom stereocenters. The number of Topliss-reactive ketones (excluding diaryl/α,β-unsaturated/α-hetero) is 1. The van der Waals surface area contributed by atoms with Crippen LogP contribution in [-0.2, 0) is 0 Å². The SMILES string of the molecule is NC(=O)c1ccccc1-c1ccc(C(=O)C2CC2)c(F)c1. The zero-order valence-corrected chi connectivity index (χ0v) is 11.3. The number of carbonyl (C=O) groups is 2. The predicted octanol–water partition coefficient (Wildman–Crippen LogP) is 3.18. The van der Waals surface area contributed by atoms with Crippen molar-refractivity contribution in [2.24, 2.45) is 11.7 Å². The van der Waals surface area contributed by atoms with E-state index in [0.29, 0.717) is 16.7 Å². The van der Waals surface area contributed by atoms with E-state index in [1.54, 1.807) is 30.3 Å². The number of amides is 1. The normalized spacial score (nSPS) is 14.0. The van der Waals surface area contributed by atoms with Gasteiger partial charge in [0.25, 0.3) is 0 Å². The molecule has 1 aliphatic rings. The fourth-order valence-corrected chi connectivity index (χ4v) is 2.40. The summed E-state index contributed by atoms with van der Waals surface area (Å²) in [6, 6.07) is 11.2. The van der Waals surface area contributed by atoms with E-state index in [9.17, 15) is 14.0 Å². The van der Waals surface area contributed by atoms with Crippen molar-refractivity contribution in [1.29, 1.82) is 0 Å². The summed E-state index contributed by atoms with van der Waals surface area (Å²) in [5, 5.41) is 0. The zero-order valence-electron chi connectivity index (χ0n) is 11.3. The van der Waals surface area contributed by atoms with E-state index >= 15 is 0 Å². The zero-order chi connectivity index (χ0) is 15.0. The Morgan fingerprint density at radius 1 is 1.05 bits per heavy atom. The fourth-order valence-electron chi connectivity index (χ4n) is 2.40. The number of hydrogen-bond donors (Lipinski definition) is 1. The lowest BCUT2D eigenvalue weighted by atomic mass is 9.96. The van der Waals surface area contributed by atoms with E-state index in [1.165, 1.54) is 12.1 Å². The molecule has 2 aromatic rings. The molecule has 0 bridgehead atoms. The van der Waals surface area contributed by atoms with Gasteiger partial charge in [-0.2, -0.15) is 0 Å². The second-order valence-corrected chi connectivity index (χ2v) is 5.24. The molecule has 0 heterocycles. The molecule has 3 nitrogen and oxygen atoms in total. The van der Waals surface area contributed by atoms with Crippen LogP contribution in [0.5, 0.6) is 0 Å². The van der Waals surface area contributed by atoms with Gasteiger partial charge in [0.15, 0.2) is 5.78 Å². The minimum atomic E-state index is -0.566. The van der Waals surface area contributed by atoms with Crippen LogP contribution in [0.2, 0.25) is 0 Å². The van der Waals surface area contributed by atoms with E-state index in [1.807, 2.05) is 0 Å². The second kappa shape index (κ2) is 5.13. The molecule has 0 spiro atoms. The standard InChI is InChI=1S/C17H14FNO2/c18-15-9-11(7-8-14(15)16(20)10-5-6-10)12-3-1-2-4-13(12)17(19)21/h1-4,7-10H,5-6H2,(H2,19,21). The van der Waals surface area contributed by atoms with Gasteiger partial charge in [-0.3, -0.25) is 9.59 Å². The van der Waals surface area contributed by atoms with Crippen molar-refractivity contribution in [1.82, 2.24) is 0 Å². The fraction of sp³-hybridized carbons (Fsp3) is 0.176. The molecule has 0 saturated heterocycles. The van der Waals surface area contributed by atoms with E-state index in [0.717, 1.165) is 12.8 Å². The smallest absolute Gasteiger partial charge is 0.249 e. The molecular formula is C17H14FNO2. The molecule has 2 N–H and O–H groups in total. The van der Waals surface area contributed by atoms with Crippen molar-refractivity contribution in [2.75, 3.05) is 0 Å². The van der Waals surface area contributed by atoms with Crippen LogP contribution in [0, 0.1) is 11.7 Å². The molecule has 1 fully saturated rings. The first-order chi connectivity index (χ1) is 10.1. The third-order valence-corrected chi connectivity index (χ3v) is 3.69. The molecule has 0 aromatic heterocycles. The molecule has 0 aliphatic heterocycles. The Kier molecular flexibility index (Phi) is 3.29. The van der Waals surface area contributed by atoms with Crippen LogP contribution in [0.15, 0.2) is 42.5 Å². The van der Waals surface area contributed by atoms with Gasteiger partial charge in [0.05, 0.1) is 5.56 Å². The summed E-state index contributed by atoms with van der Waals surface area (Å²) in [7, 11) is 0. The van der Waals surface area contributed by atoms with Gasteiger partial charge >= 0.3 is 0 Å². The average molecular weight is 283 g/mol. The number of carbonyl (C=O) groups excluding carboxylic acids is 2. The minimum absolute atomic E-state index is 0.0248. The Bertz CT molecular complexity index is 735. The van der Waals surface area contributed by atoms with Gasteiger partial charge in [0.2, 0.25) is 5.91 Å². The van der Waals surface area contributed by atoms with E-state index in [4.69, 9.17) is 5.73 Å². The van der Waals surface area contributed by atoms with Gasteiger partial charge in [-0.25, -0.2) is 4.39 Å². The van der Waals surface area contributed by atoms with Gasteiger partial charge in [0.1, 0.15) is 5.82 Å². The van der Waals surface area contributed by atoms with Crippen molar-refractivity contribution in [2.45, 2.75) is 12.8 Å². The Balaban J connectivity index is 2.03. The summed E-state index contributed by atoms with van der Waals surface area (Å²) in [6.45, 7) is 0. The van der Waals surface area contributed by atoms with Crippen LogP contribution < -0.4 is 5.73 Å². The molecule has 3 rings (SSSR count). The molecular weight excluding hydrogens is 269 g/mol. The molecule has 106 valence electrons. The Labute approximate surface area is 121 Å². The molecule has 21 heavy (non-hydrogen) atoms. The first-order valence-corrected chi connectivity index (χ1v) is 6.81. The molecule has 1 aliphatic carbocycles. The number of halogens is 1. The maximum atomic E-state index is 14.2. The van der Waals surface area contributed by atoms with Gasteiger partial charge < -0.3 is 5.73 Å². The van der Waals surface area contributed by atoms with E-state index in [2.05, 4.69) is 0 Å². The number of benzene rings is 2. The van der Waals surface area contributed by atoms with Crippen LogP contribution >= 0.6 is 0 Å². The highest BCUT2D eigenvalue weighted by atomic mass is 19.1. The van der Waals surface area contributed by atoms with Crippen LogP contribution in [0.25, 0.3) is 11.1 Å². The van der Waals surface area contributed by atoms with Gasteiger partial charge in [0, 0.05) is 11.5 Å². The monoisotopic (exact) mass is 283 g/mol. The van der Waals surface area contributed by atoms with Crippen molar-refractivity contribution >= 4 is 11.7 Å². The first-order valence-electron chi connectivity index (χ1n) is 6.81. The van der Waals surface area contributed by atoms with Crippen LogP contribution in [0.3, 0.4) is 0 Å². The van der Waals surface area contributed by atoms with Crippen LogP contribution in [0.1, 0.15) is 33.6 Å². The second-order valence-electron chi connectivity index (χ2n) is 5.24. The predicted molar refractivity (Wildman–Crippen MR) is 77.4 cm³/mol. The summed E-state index contributed by atoms with van der Waals surface area (Å²) in [4.78, 5) is 23.4. The topological polar surface area (TPSA) is 60.2 Å². The Morgan fingerprint density at radius 2 is 1.76 bits per heavy atom. The Hall–Kier alpha value is -2.49. The maximum Gasteiger partial charge on any atom is 0.249 e. The highest BCUT2D eigenvalue weighted by Crippen LogP contribution is 2.34. The summed E-state index contributed by atoms with van der Waals surface area (Å²) < 4.78 is 14.2. The van der Waals surface area contributed by atoms with Crippen molar-refractivity contribution in [3.8, 4) is 11.1 Å². The number of ketones is 1. The molecule has 0 unspecified atom stereocenters. The number of primary amides is 1. The maximum absolute atomic E-state index is 14.2. The summed E-state index contributed by atoms with van der Waals surface area (Å²) >= 11 is 0. The van der Waals surface area contributed by atoms with Crippen LogP contribution in [0.4, 0.5) is 4.39 Å². The van der Waals surface area contributed by atoms with Crippen molar-refractivity contribution < 1.29 is 14.0 Å². The molecule has 4 heteroatoms. The number of rotatable bonds is 4. The van der Waals surface area contributed by atoms with E-state index < -0.39 is 11.7 Å². The largest absolute Gasteiger partial charge is 0.366 e. The number of hydrogen-bond acceptors (Lipinski definition) is 2. The molecule has 1 amide bonds. The summed E-state index contributed by atoms with van der Waals surface area (Å²) in [5.74, 6) is -1.28. The average Bonchev–Trinajstić information content (AvgIpc) is 3.31. The van der Waals surface area contributed by atoms with Crippen molar-refractivity contribution in [3.05, 3.63) is 59.4 Å². The summed E-state index contributed by atoms with van der Waals surface area (Å²) in [6.07, 6.45) is 1.68. The third kappa shape index (κ3) is 2.57. The lowest BCUT2D eigenvalue weighted by Crippen LogP contribution is -2.12. The highest BCUT2D eigenvalue weighted by Gasteiger charge is 2.32. The third-order valence-electron chi connectivity index (χ3n) is 3.69. The Morgan fingerprint density at radius 3 is 2.38 bits per heavy atom. The van der Waals surface area contributed by atoms with Gasteiger partial charge in [-0.05, 0) is 42.2 Å². The van der Waals surface area contributed by atoms with Crippen LogP contribution in [-0.4, -0.2) is 11.7 Å². The lowest BCUT2D eigenvalue weighted by Gasteiger charge is -2.08. The molecule has 2 aromatic carbocycles. The first kappa shape index (κ1) is 13.5.